The summed E-state index contributed by atoms with van der Waals surface area (Å²) in [7, 11) is 0. The van der Waals surface area contributed by atoms with Gasteiger partial charge in [0.1, 0.15) is 0 Å². The fraction of sp³-hybridized carbons (Fsp3) is 0.0333. The molecular weight excluding hydrogens is 452 g/mol. The molecule has 0 aliphatic carbocycles. The maximum absolute atomic E-state index is 13.3. The first kappa shape index (κ1) is 22.8. The van der Waals surface area contributed by atoms with Gasteiger partial charge in [-0.25, -0.2) is 4.79 Å². The number of nitrogens with zero attached hydrogens (tertiary/aromatic N) is 1. The number of amides is 1. The van der Waals surface area contributed by atoms with Crippen LogP contribution in [0.15, 0.2) is 115 Å². The Hall–Kier alpha value is -4.97. The highest BCUT2D eigenvalue weighted by molar-refractivity contribution is 6.48. The molecule has 0 bridgehead atoms. The minimum Gasteiger partial charge on any atom is -0.478 e. The highest BCUT2D eigenvalue weighted by Crippen LogP contribution is 2.33. The van der Waals surface area contributed by atoms with E-state index in [0.717, 1.165) is 16.6 Å². The number of aromatic carboxylic acids is 1. The highest BCUT2D eigenvalue weighted by atomic mass is 16.4. The lowest BCUT2D eigenvalue weighted by Crippen LogP contribution is -2.23. The molecule has 0 spiro atoms. The first-order valence-electron chi connectivity index (χ1n) is 11.4. The lowest BCUT2D eigenvalue weighted by molar-refractivity contribution is -0.112. The van der Waals surface area contributed by atoms with E-state index in [1.54, 1.807) is 12.3 Å². The number of carboxylic acid groups (broad SMARTS) is 1. The number of rotatable bonds is 7. The molecule has 5 rings (SSSR count). The van der Waals surface area contributed by atoms with Crippen LogP contribution in [-0.2, 0) is 4.79 Å². The molecule has 0 saturated heterocycles. The molecule has 6 heteroatoms. The third kappa shape index (κ3) is 4.40. The lowest BCUT2D eigenvalue weighted by Gasteiger charge is -2.21. The van der Waals surface area contributed by atoms with Crippen LogP contribution >= 0.6 is 0 Å². The predicted octanol–water partition coefficient (Wildman–Crippen LogP) is 5.80. The number of hydrogen-bond donors (Lipinski definition) is 2. The number of nitrogens with one attached hydrogen (secondary N) is 1. The number of Topliss-reactive ketones (excluding diaryl/α,β-unsaturated/α-hetero) is 1. The second-order valence-electron chi connectivity index (χ2n) is 8.36. The van der Waals surface area contributed by atoms with Gasteiger partial charge in [0.15, 0.2) is 0 Å². The van der Waals surface area contributed by atoms with Gasteiger partial charge < -0.3 is 15.0 Å². The van der Waals surface area contributed by atoms with Gasteiger partial charge in [-0.3, -0.25) is 9.59 Å². The first-order valence-corrected chi connectivity index (χ1v) is 11.4. The molecule has 0 fully saturated rings. The maximum Gasteiger partial charge on any atom is 0.335 e. The smallest absolute Gasteiger partial charge is 0.335 e. The average molecular weight is 475 g/mol. The van der Waals surface area contributed by atoms with Crippen LogP contribution in [-0.4, -0.2) is 27.3 Å². The Bertz CT molecular complexity index is 1530. The fourth-order valence-electron chi connectivity index (χ4n) is 4.42. The normalized spacial score (nSPS) is 10.9. The molecule has 176 valence electrons. The van der Waals surface area contributed by atoms with Gasteiger partial charge in [0.25, 0.3) is 11.7 Å². The summed E-state index contributed by atoms with van der Waals surface area (Å²) in [6.45, 7) is 0. The maximum atomic E-state index is 13.3. The Morgan fingerprint density at radius 1 is 0.722 bits per heavy atom. The van der Waals surface area contributed by atoms with Crippen molar-refractivity contribution in [3.63, 3.8) is 0 Å². The van der Waals surface area contributed by atoms with Gasteiger partial charge in [-0.05, 0) is 35.4 Å². The molecule has 5 aromatic rings. The van der Waals surface area contributed by atoms with Crippen LogP contribution in [0.2, 0.25) is 0 Å². The largest absolute Gasteiger partial charge is 0.478 e. The number of carbonyl (C=O) groups is 3. The molecule has 0 radical (unpaired) electrons. The quantitative estimate of drug-likeness (QED) is 0.231. The van der Waals surface area contributed by atoms with Crippen molar-refractivity contribution in [3.05, 3.63) is 138 Å². The summed E-state index contributed by atoms with van der Waals surface area (Å²) in [5, 5.41) is 12.4. The topological polar surface area (TPSA) is 88.4 Å². The van der Waals surface area contributed by atoms with Crippen LogP contribution in [0.3, 0.4) is 0 Å². The lowest BCUT2D eigenvalue weighted by atomic mass is 9.98. The van der Waals surface area contributed by atoms with Crippen LogP contribution in [0.25, 0.3) is 10.9 Å². The van der Waals surface area contributed by atoms with E-state index in [4.69, 9.17) is 0 Å². The average Bonchev–Trinajstić information content (AvgIpc) is 3.29. The SMILES string of the molecule is O=C(Nc1cccc(C(=O)O)c1)C(=O)c1cn(C(c2ccccc2)c2ccccc2)c2ccccc12. The van der Waals surface area contributed by atoms with Crippen LogP contribution in [0.1, 0.15) is 37.9 Å². The molecule has 2 N–H and O–H groups in total. The van der Waals surface area contributed by atoms with Gasteiger partial charge in [0.2, 0.25) is 0 Å². The Balaban J connectivity index is 1.57. The molecule has 1 amide bonds. The van der Waals surface area contributed by atoms with E-state index in [9.17, 15) is 19.5 Å². The number of aromatic nitrogens is 1. The number of carboxylic acids is 1. The highest BCUT2D eigenvalue weighted by Gasteiger charge is 2.25. The summed E-state index contributed by atoms with van der Waals surface area (Å²) in [5.41, 5.74) is 3.43. The molecule has 0 saturated carbocycles. The van der Waals surface area contributed by atoms with Crippen molar-refractivity contribution < 1.29 is 19.5 Å². The number of hydrogen-bond acceptors (Lipinski definition) is 3. The van der Waals surface area contributed by atoms with Crippen molar-refractivity contribution >= 4 is 34.3 Å². The van der Waals surface area contributed by atoms with Crippen LogP contribution in [0, 0.1) is 0 Å². The Labute approximate surface area is 207 Å². The van der Waals surface area contributed by atoms with E-state index in [0.29, 0.717) is 5.39 Å². The number of ketones is 1. The zero-order chi connectivity index (χ0) is 25.1. The fourth-order valence-corrected chi connectivity index (χ4v) is 4.42. The molecule has 1 aromatic heterocycles. The van der Waals surface area contributed by atoms with Crippen LogP contribution in [0.4, 0.5) is 5.69 Å². The van der Waals surface area contributed by atoms with E-state index in [-0.39, 0.29) is 22.9 Å². The molecule has 36 heavy (non-hydrogen) atoms. The summed E-state index contributed by atoms with van der Waals surface area (Å²) in [6.07, 6.45) is 1.73. The zero-order valence-corrected chi connectivity index (χ0v) is 19.2. The molecule has 1 heterocycles. The summed E-state index contributed by atoms with van der Waals surface area (Å²) in [5.74, 6) is -2.66. The summed E-state index contributed by atoms with van der Waals surface area (Å²) in [6, 6.07) is 33.0. The van der Waals surface area contributed by atoms with E-state index in [1.165, 1.54) is 18.2 Å². The molecule has 6 nitrogen and oxygen atoms in total. The molecular formula is C30H22N2O4. The van der Waals surface area contributed by atoms with E-state index in [2.05, 4.69) is 5.32 Å². The summed E-state index contributed by atoms with van der Waals surface area (Å²) in [4.78, 5) is 37.5. The number of para-hydroxylation sites is 1. The van der Waals surface area contributed by atoms with Crippen LogP contribution in [0.5, 0.6) is 0 Å². The molecule has 0 aliphatic heterocycles. The molecule has 0 atom stereocenters. The summed E-state index contributed by atoms with van der Waals surface area (Å²) < 4.78 is 2.02. The third-order valence-corrected chi connectivity index (χ3v) is 6.07. The second kappa shape index (κ2) is 9.72. The minimum atomic E-state index is -1.12. The van der Waals surface area contributed by atoms with Gasteiger partial charge in [-0.15, -0.1) is 0 Å². The number of fused-ring (bicyclic) bond motifs is 1. The van der Waals surface area contributed by atoms with Gasteiger partial charge in [0, 0.05) is 22.8 Å². The van der Waals surface area contributed by atoms with E-state index < -0.39 is 17.7 Å². The van der Waals surface area contributed by atoms with Gasteiger partial charge in [-0.2, -0.15) is 0 Å². The van der Waals surface area contributed by atoms with Crippen molar-refractivity contribution in [1.82, 2.24) is 4.57 Å². The van der Waals surface area contributed by atoms with Crippen molar-refractivity contribution in [3.8, 4) is 0 Å². The first-order chi connectivity index (χ1) is 17.5. The van der Waals surface area contributed by atoms with Gasteiger partial charge >= 0.3 is 5.97 Å². The van der Waals surface area contributed by atoms with Crippen molar-refractivity contribution in [2.75, 3.05) is 5.32 Å². The Morgan fingerprint density at radius 3 is 1.97 bits per heavy atom. The van der Waals surface area contributed by atoms with Crippen molar-refractivity contribution in [2.24, 2.45) is 0 Å². The van der Waals surface area contributed by atoms with Gasteiger partial charge in [0.05, 0.1) is 17.2 Å². The van der Waals surface area contributed by atoms with E-state index >= 15 is 0 Å². The Morgan fingerprint density at radius 2 is 1.33 bits per heavy atom. The molecule has 4 aromatic carbocycles. The number of anilines is 1. The molecule has 0 aliphatic rings. The minimum absolute atomic E-state index is 0.0189. The molecule has 0 unspecified atom stereocenters. The Kier molecular flexibility index (Phi) is 6.16. The summed E-state index contributed by atoms with van der Waals surface area (Å²) >= 11 is 0. The number of benzene rings is 4. The van der Waals surface area contributed by atoms with Gasteiger partial charge in [-0.1, -0.05) is 84.9 Å². The standard InChI is InChI=1S/C30H22N2O4/c33-28(29(34)31-23-15-9-14-22(18-23)30(35)36)25-19-32(26-17-8-7-16-24(25)26)27(20-10-3-1-4-11-20)21-12-5-2-6-13-21/h1-19,27H,(H,31,34)(H,35,36). The zero-order valence-electron chi connectivity index (χ0n) is 19.2. The third-order valence-electron chi connectivity index (χ3n) is 6.07. The van der Waals surface area contributed by atoms with Crippen molar-refractivity contribution in [1.29, 1.82) is 0 Å². The van der Waals surface area contributed by atoms with E-state index in [1.807, 2.05) is 89.5 Å². The van der Waals surface area contributed by atoms with Crippen LogP contribution < -0.4 is 5.32 Å². The second-order valence-corrected chi connectivity index (χ2v) is 8.36. The predicted molar refractivity (Wildman–Crippen MR) is 138 cm³/mol. The van der Waals surface area contributed by atoms with Crippen molar-refractivity contribution in [2.45, 2.75) is 6.04 Å². The monoisotopic (exact) mass is 474 g/mol. The number of carbonyl (C=O) groups excluding carboxylic acids is 2.